The summed E-state index contributed by atoms with van der Waals surface area (Å²) >= 11 is 0. The van der Waals surface area contributed by atoms with E-state index in [2.05, 4.69) is 38.5 Å². The minimum Gasteiger partial charge on any atom is -0.485 e. The Labute approximate surface area is 279 Å². The number of hydrogen-bond acceptors (Lipinski definition) is 12. The number of aromatic nitrogens is 3. The lowest BCUT2D eigenvalue weighted by atomic mass is 9.94. The number of amides is 2. The molecule has 7 rings (SSSR count). The van der Waals surface area contributed by atoms with E-state index in [4.69, 9.17) is 18.9 Å². The van der Waals surface area contributed by atoms with Crippen LogP contribution in [0.3, 0.4) is 0 Å². The predicted molar refractivity (Wildman–Crippen MR) is 176 cm³/mol. The smallest absolute Gasteiger partial charge is 0.270 e. The van der Waals surface area contributed by atoms with Gasteiger partial charge in [-0.1, -0.05) is 6.07 Å². The molecule has 48 heavy (non-hydrogen) atoms. The van der Waals surface area contributed by atoms with Gasteiger partial charge in [-0.3, -0.25) is 14.5 Å². The van der Waals surface area contributed by atoms with E-state index in [-0.39, 0.29) is 36.0 Å². The van der Waals surface area contributed by atoms with E-state index in [1.807, 2.05) is 22.8 Å². The zero-order valence-corrected chi connectivity index (χ0v) is 27.6. The van der Waals surface area contributed by atoms with Crippen molar-refractivity contribution in [3.8, 4) is 5.75 Å². The highest BCUT2D eigenvalue weighted by Gasteiger charge is 2.35. The summed E-state index contributed by atoms with van der Waals surface area (Å²) in [5.74, 6) is 2.62. The van der Waals surface area contributed by atoms with E-state index < -0.39 is 6.10 Å². The SMILES string of the molecule is Cc1ncoc1COc1ccc2c(c1C)CCN(C[C@@H](O)CNC(=O)c1cc(NC3COC3)nc(N3CCN(C(=O)C4CC4)CC3)n1)C2. The summed E-state index contributed by atoms with van der Waals surface area (Å²) in [5, 5.41) is 17.1. The van der Waals surface area contributed by atoms with E-state index in [9.17, 15) is 14.7 Å². The summed E-state index contributed by atoms with van der Waals surface area (Å²) in [4.78, 5) is 45.4. The number of aliphatic hydroxyl groups excluding tert-OH is 1. The number of benzene rings is 1. The highest BCUT2D eigenvalue weighted by Crippen LogP contribution is 2.32. The van der Waals surface area contributed by atoms with Crippen LogP contribution in [0.15, 0.2) is 29.0 Å². The fraction of sp³-hybridized carbons (Fsp3) is 0.559. The van der Waals surface area contributed by atoms with Gasteiger partial charge in [0.15, 0.2) is 12.2 Å². The molecule has 0 unspecified atom stereocenters. The van der Waals surface area contributed by atoms with Gasteiger partial charge in [0, 0.05) is 64.3 Å². The average Bonchev–Trinajstić information content (AvgIpc) is 3.85. The van der Waals surface area contributed by atoms with Crippen molar-refractivity contribution in [3.05, 3.63) is 58.4 Å². The number of ether oxygens (including phenoxy) is 2. The monoisotopic (exact) mass is 660 g/mol. The van der Waals surface area contributed by atoms with E-state index in [0.717, 1.165) is 48.6 Å². The number of fused-ring (bicyclic) bond motifs is 1. The van der Waals surface area contributed by atoms with E-state index in [1.165, 1.54) is 17.5 Å². The van der Waals surface area contributed by atoms with Crippen molar-refractivity contribution < 1.29 is 28.6 Å². The number of aryl methyl sites for hydroxylation is 1. The van der Waals surface area contributed by atoms with Gasteiger partial charge in [-0.15, -0.1) is 0 Å². The molecule has 1 atom stereocenters. The van der Waals surface area contributed by atoms with Crippen molar-refractivity contribution in [2.24, 2.45) is 5.92 Å². The highest BCUT2D eigenvalue weighted by atomic mass is 16.5. The molecular weight excluding hydrogens is 616 g/mol. The van der Waals surface area contributed by atoms with Crippen molar-refractivity contribution in [2.45, 2.75) is 58.4 Å². The molecule has 0 radical (unpaired) electrons. The Hall–Kier alpha value is -4.27. The van der Waals surface area contributed by atoms with Crippen molar-refractivity contribution in [3.63, 3.8) is 0 Å². The number of anilines is 2. The molecule has 0 spiro atoms. The van der Waals surface area contributed by atoms with Crippen LogP contribution in [0.1, 0.15) is 51.5 Å². The summed E-state index contributed by atoms with van der Waals surface area (Å²) in [6.45, 7) is 9.90. The summed E-state index contributed by atoms with van der Waals surface area (Å²) in [6, 6.07) is 5.85. The van der Waals surface area contributed by atoms with Crippen LogP contribution in [0.4, 0.5) is 11.8 Å². The Kier molecular flexibility index (Phi) is 9.46. The van der Waals surface area contributed by atoms with Crippen LogP contribution < -0.4 is 20.3 Å². The van der Waals surface area contributed by atoms with E-state index >= 15 is 0 Å². The molecule has 1 aliphatic carbocycles. The van der Waals surface area contributed by atoms with Crippen LogP contribution in [-0.4, -0.2) is 113 Å². The number of carbonyl (C=O) groups is 2. The van der Waals surface area contributed by atoms with Crippen LogP contribution in [0, 0.1) is 19.8 Å². The normalized spacial score (nSPS) is 19.0. The fourth-order valence-corrected chi connectivity index (χ4v) is 6.47. The van der Waals surface area contributed by atoms with Gasteiger partial charge >= 0.3 is 0 Å². The van der Waals surface area contributed by atoms with Gasteiger partial charge in [-0.25, -0.2) is 9.97 Å². The molecule has 0 bridgehead atoms. The number of nitrogens with zero attached hydrogens (tertiary/aromatic N) is 6. The molecule has 3 aromatic rings. The molecule has 1 saturated carbocycles. The maximum Gasteiger partial charge on any atom is 0.270 e. The summed E-state index contributed by atoms with van der Waals surface area (Å²) in [5.41, 5.74) is 4.65. The lowest BCUT2D eigenvalue weighted by Crippen LogP contribution is -2.50. The van der Waals surface area contributed by atoms with Gasteiger partial charge in [0.05, 0.1) is 31.1 Å². The second-order valence-electron chi connectivity index (χ2n) is 13.2. The molecule has 1 aromatic carbocycles. The average molecular weight is 661 g/mol. The highest BCUT2D eigenvalue weighted by molar-refractivity contribution is 5.93. The first-order valence-electron chi connectivity index (χ1n) is 16.9. The molecule has 2 saturated heterocycles. The first-order chi connectivity index (χ1) is 23.3. The van der Waals surface area contributed by atoms with Crippen LogP contribution in [0.2, 0.25) is 0 Å². The molecule has 3 fully saturated rings. The van der Waals surface area contributed by atoms with Crippen molar-refractivity contribution in [1.82, 2.24) is 30.1 Å². The second kappa shape index (κ2) is 14.1. The quantitative estimate of drug-likeness (QED) is 0.259. The topological polar surface area (TPSA) is 158 Å². The number of oxazole rings is 1. The number of β-amino-alcohol motifs (C(OH)–C–C–N with tert-alkyl or cyclic N) is 1. The largest absolute Gasteiger partial charge is 0.485 e. The molecule has 4 aliphatic rings. The van der Waals surface area contributed by atoms with Gasteiger partial charge in [0.25, 0.3) is 5.91 Å². The van der Waals surface area contributed by atoms with Crippen molar-refractivity contribution >= 4 is 23.6 Å². The number of rotatable bonds is 12. The van der Waals surface area contributed by atoms with Crippen LogP contribution in [0.5, 0.6) is 5.75 Å². The number of nitrogens with one attached hydrogen (secondary N) is 2. The third-order valence-corrected chi connectivity index (χ3v) is 9.63. The summed E-state index contributed by atoms with van der Waals surface area (Å²) in [6.07, 6.45) is 3.49. The second-order valence-corrected chi connectivity index (χ2v) is 13.2. The van der Waals surface area contributed by atoms with Crippen molar-refractivity contribution in [2.75, 3.05) is 69.2 Å². The summed E-state index contributed by atoms with van der Waals surface area (Å²) in [7, 11) is 0. The first-order valence-corrected chi connectivity index (χ1v) is 16.9. The molecule has 5 heterocycles. The van der Waals surface area contributed by atoms with Crippen LogP contribution in [-0.2, 0) is 29.1 Å². The van der Waals surface area contributed by atoms with Gasteiger partial charge in [-0.2, -0.15) is 4.98 Å². The third kappa shape index (κ3) is 7.40. The minimum absolute atomic E-state index is 0.0928. The Morgan fingerprint density at radius 2 is 1.92 bits per heavy atom. The third-order valence-electron chi connectivity index (χ3n) is 9.63. The molecule has 3 aliphatic heterocycles. The molecular formula is C34H44N8O6. The van der Waals surface area contributed by atoms with Crippen molar-refractivity contribution in [1.29, 1.82) is 0 Å². The number of hydrogen-bond donors (Lipinski definition) is 3. The lowest BCUT2D eigenvalue weighted by molar-refractivity contribution is -0.132. The van der Waals surface area contributed by atoms with Crippen LogP contribution in [0.25, 0.3) is 0 Å². The fourth-order valence-electron chi connectivity index (χ4n) is 6.47. The Balaban J connectivity index is 0.932. The first kappa shape index (κ1) is 32.3. The molecule has 2 amide bonds. The van der Waals surface area contributed by atoms with Gasteiger partial charge in [-0.05, 0) is 55.9 Å². The molecule has 14 heteroatoms. The number of aliphatic hydroxyl groups is 1. The molecule has 2 aromatic heterocycles. The Morgan fingerprint density at radius 3 is 2.62 bits per heavy atom. The maximum atomic E-state index is 13.3. The Morgan fingerprint density at radius 1 is 1.10 bits per heavy atom. The standard InChI is InChI=1S/C34H44N8O6/c1-21-27-7-8-40(15-24(27)5-6-29(21)47-19-30-22(2)36-20-48-30)16-26(43)14-35-32(44)28-13-31(37-25-17-46-18-25)39-34(38-28)42-11-9-41(10-12-42)33(45)23-3-4-23/h5-6,13,20,23,25-26,43H,3-4,7-12,14-19H2,1-2H3,(H,35,44)(H,37,38,39)/t26-/m0/s1. The van der Waals surface area contributed by atoms with Gasteiger partial charge < -0.3 is 39.4 Å². The number of carbonyl (C=O) groups excluding carboxylic acids is 2. The van der Waals surface area contributed by atoms with E-state index in [1.54, 1.807) is 6.07 Å². The zero-order valence-electron chi connectivity index (χ0n) is 27.6. The maximum absolute atomic E-state index is 13.3. The molecule has 256 valence electrons. The Bertz CT molecular complexity index is 1630. The van der Waals surface area contributed by atoms with Gasteiger partial charge in [0.2, 0.25) is 11.9 Å². The number of piperazine rings is 1. The summed E-state index contributed by atoms with van der Waals surface area (Å²) < 4.78 is 16.7. The van der Waals surface area contributed by atoms with Gasteiger partial charge in [0.1, 0.15) is 23.9 Å². The minimum atomic E-state index is -0.757. The molecule has 14 nitrogen and oxygen atoms in total. The molecule has 3 N–H and O–H groups in total. The lowest BCUT2D eigenvalue weighted by Gasteiger charge is -2.35. The van der Waals surface area contributed by atoms with E-state index in [0.29, 0.717) is 70.9 Å². The van der Waals surface area contributed by atoms with Crippen LogP contribution >= 0.6 is 0 Å². The predicted octanol–water partition coefficient (Wildman–Crippen LogP) is 1.68. The zero-order chi connectivity index (χ0) is 33.2.